The lowest BCUT2D eigenvalue weighted by Crippen LogP contribution is -2.08. The van der Waals surface area contributed by atoms with Crippen LogP contribution in [0.15, 0.2) is 48.0 Å². The predicted molar refractivity (Wildman–Crippen MR) is 84.8 cm³/mol. The number of nitrogens with one attached hydrogen (secondary N) is 1. The van der Waals surface area contributed by atoms with Gasteiger partial charge < -0.3 is 5.32 Å². The first kappa shape index (κ1) is 13.5. The van der Waals surface area contributed by atoms with Gasteiger partial charge in [0.2, 0.25) is 0 Å². The summed E-state index contributed by atoms with van der Waals surface area (Å²) in [5.74, 6) is 0. The van der Waals surface area contributed by atoms with Crippen molar-refractivity contribution in [1.82, 2.24) is 4.98 Å². The van der Waals surface area contributed by atoms with Crippen LogP contribution >= 0.6 is 11.3 Å². The second-order valence-electron chi connectivity index (χ2n) is 4.72. The van der Waals surface area contributed by atoms with Gasteiger partial charge in [-0.25, -0.2) is 4.98 Å². The van der Waals surface area contributed by atoms with E-state index in [-0.39, 0.29) is 16.7 Å². The Morgan fingerprint density at radius 2 is 2.10 bits per heavy atom. The molecule has 5 nitrogen and oxygen atoms in total. The zero-order valence-electron chi connectivity index (χ0n) is 11.3. The molecule has 0 bridgehead atoms. The van der Waals surface area contributed by atoms with Gasteiger partial charge in [-0.1, -0.05) is 18.2 Å². The van der Waals surface area contributed by atoms with E-state index >= 15 is 0 Å². The van der Waals surface area contributed by atoms with Crippen LogP contribution in [0.3, 0.4) is 0 Å². The molecule has 0 saturated heterocycles. The lowest BCUT2D eigenvalue weighted by Gasteiger charge is -2.15. The zero-order chi connectivity index (χ0) is 14.8. The van der Waals surface area contributed by atoms with Gasteiger partial charge in [0.15, 0.2) is 0 Å². The van der Waals surface area contributed by atoms with Crippen molar-refractivity contribution in [2.45, 2.75) is 13.0 Å². The standard InChI is InChI=1S/C15H13N3O2S/c1-10(12-4-2-3-5-14(12)18(19)20)17-11-6-7-13-15(8-11)21-9-16-13/h2-10,17H,1H3. The van der Waals surface area contributed by atoms with Crippen molar-refractivity contribution in [2.24, 2.45) is 0 Å². The molecule has 3 rings (SSSR count). The van der Waals surface area contributed by atoms with E-state index in [1.54, 1.807) is 29.0 Å². The largest absolute Gasteiger partial charge is 0.378 e. The van der Waals surface area contributed by atoms with Crippen molar-refractivity contribution in [3.05, 3.63) is 63.7 Å². The van der Waals surface area contributed by atoms with Gasteiger partial charge in [-0.15, -0.1) is 11.3 Å². The van der Waals surface area contributed by atoms with Crippen molar-refractivity contribution >= 4 is 32.9 Å². The van der Waals surface area contributed by atoms with Crippen molar-refractivity contribution < 1.29 is 4.92 Å². The molecule has 106 valence electrons. The second kappa shape index (κ2) is 5.49. The quantitative estimate of drug-likeness (QED) is 0.573. The average molecular weight is 299 g/mol. The maximum absolute atomic E-state index is 11.1. The second-order valence-corrected chi connectivity index (χ2v) is 5.60. The molecule has 6 heteroatoms. The molecule has 21 heavy (non-hydrogen) atoms. The summed E-state index contributed by atoms with van der Waals surface area (Å²) in [6, 6.07) is 12.5. The fourth-order valence-corrected chi connectivity index (χ4v) is 3.01. The van der Waals surface area contributed by atoms with E-state index in [1.807, 2.05) is 31.2 Å². The van der Waals surface area contributed by atoms with Crippen LogP contribution in [-0.2, 0) is 0 Å². The third kappa shape index (κ3) is 2.71. The van der Waals surface area contributed by atoms with Gasteiger partial charge in [0, 0.05) is 11.8 Å². The Hall–Kier alpha value is -2.47. The number of nitro groups is 1. The van der Waals surface area contributed by atoms with Gasteiger partial charge in [-0.3, -0.25) is 10.1 Å². The highest BCUT2D eigenvalue weighted by atomic mass is 32.1. The van der Waals surface area contributed by atoms with Crippen LogP contribution in [-0.4, -0.2) is 9.91 Å². The van der Waals surface area contributed by atoms with E-state index in [9.17, 15) is 10.1 Å². The molecule has 1 aromatic heterocycles. The highest BCUT2D eigenvalue weighted by molar-refractivity contribution is 7.16. The van der Waals surface area contributed by atoms with E-state index in [0.717, 1.165) is 15.9 Å². The number of para-hydroxylation sites is 1. The molecule has 0 aliphatic rings. The lowest BCUT2D eigenvalue weighted by molar-refractivity contribution is -0.385. The normalized spacial score (nSPS) is 12.2. The summed E-state index contributed by atoms with van der Waals surface area (Å²) in [5, 5.41) is 14.4. The summed E-state index contributed by atoms with van der Waals surface area (Å²) < 4.78 is 1.09. The van der Waals surface area contributed by atoms with Gasteiger partial charge in [0.25, 0.3) is 5.69 Å². The molecular weight excluding hydrogens is 286 g/mol. The number of rotatable bonds is 4. The zero-order valence-corrected chi connectivity index (χ0v) is 12.1. The SMILES string of the molecule is CC(Nc1ccc2ncsc2c1)c1ccccc1[N+](=O)[O-]. The van der Waals surface area contributed by atoms with Crippen LogP contribution < -0.4 is 5.32 Å². The first-order valence-electron chi connectivity index (χ1n) is 6.48. The van der Waals surface area contributed by atoms with Crippen molar-refractivity contribution in [3.63, 3.8) is 0 Å². The molecule has 3 aromatic rings. The van der Waals surface area contributed by atoms with E-state index in [1.165, 1.54) is 6.07 Å². The molecule has 0 spiro atoms. The third-order valence-electron chi connectivity index (χ3n) is 3.31. The molecule has 1 atom stereocenters. The Labute approximate surface area is 125 Å². The number of benzene rings is 2. The summed E-state index contributed by atoms with van der Waals surface area (Å²) in [6.07, 6.45) is 0. The van der Waals surface area contributed by atoms with E-state index < -0.39 is 0 Å². The van der Waals surface area contributed by atoms with Gasteiger partial charge in [0.1, 0.15) is 0 Å². The van der Waals surface area contributed by atoms with Crippen LogP contribution in [0.4, 0.5) is 11.4 Å². The first-order valence-corrected chi connectivity index (χ1v) is 7.36. The van der Waals surface area contributed by atoms with E-state index in [0.29, 0.717) is 5.56 Å². The fourth-order valence-electron chi connectivity index (χ4n) is 2.29. The van der Waals surface area contributed by atoms with E-state index in [4.69, 9.17) is 0 Å². The number of anilines is 1. The molecular formula is C15H13N3O2S. The molecule has 0 saturated carbocycles. The number of hydrogen-bond donors (Lipinski definition) is 1. The number of nitro benzene ring substituents is 1. The smallest absolute Gasteiger partial charge is 0.274 e. The maximum Gasteiger partial charge on any atom is 0.274 e. The van der Waals surface area contributed by atoms with Gasteiger partial charge in [-0.05, 0) is 25.1 Å². The van der Waals surface area contributed by atoms with Crippen molar-refractivity contribution in [2.75, 3.05) is 5.32 Å². The summed E-state index contributed by atoms with van der Waals surface area (Å²) in [7, 11) is 0. The van der Waals surface area contributed by atoms with E-state index in [2.05, 4.69) is 10.3 Å². The predicted octanol–water partition coefficient (Wildman–Crippen LogP) is 4.38. The molecule has 0 aliphatic heterocycles. The minimum atomic E-state index is -0.347. The number of aromatic nitrogens is 1. The van der Waals surface area contributed by atoms with Crippen molar-refractivity contribution in [3.8, 4) is 0 Å². The maximum atomic E-state index is 11.1. The summed E-state index contributed by atoms with van der Waals surface area (Å²) >= 11 is 1.57. The molecule has 0 amide bonds. The Morgan fingerprint density at radius 1 is 1.29 bits per heavy atom. The third-order valence-corrected chi connectivity index (χ3v) is 4.11. The summed E-state index contributed by atoms with van der Waals surface area (Å²) in [5.41, 5.74) is 4.50. The van der Waals surface area contributed by atoms with Gasteiger partial charge in [0.05, 0.1) is 32.3 Å². The highest BCUT2D eigenvalue weighted by Crippen LogP contribution is 2.29. The van der Waals surface area contributed by atoms with Crippen LogP contribution in [0.1, 0.15) is 18.5 Å². The van der Waals surface area contributed by atoms with Crippen LogP contribution in [0, 0.1) is 10.1 Å². The minimum Gasteiger partial charge on any atom is -0.378 e. The highest BCUT2D eigenvalue weighted by Gasteiger charge is 2.18. The molecule has 1 N–H and O–H groups in total. The van der Waals surface area contributed by atoms with Crippen LogP contribution in [0.25, 0.3) is 10.2 Å². The fraction of sp³-hybridized carbons (Fsp3) is 0.133. The number of nitrogens with zero attached hydrogens (tertiary/aromatic N) is 2. The van der Waals surface area contributed by atoms with Gasteiger partial charge in [-0.2, -0.15) is 0 Å². The molecule has 1 heterocycles. The molecule has 0 radical (unpaired) electrons. The number of hydrogen-bond acceptors (Lipinski definition) is 5. The Bertz CT molecular complexity index is 800. The lowest BCUT2D eigenvalue weighted by atomic mass is 10.1. The van der Waals surface area contributed by atoms with Crippen LogP contribution in [0.5, 0.6) is 0 Å². The first-order chi connectivity index (χ1) is 10.1. The molecule has 0 aliphatic carbocycles. The Kier molecular flexibility index (Phi) is 3.53. The molecule has 2 aromatic carbocycles. The van der Waals surface area contributed by atoms with Gasteiger partial charge >= 0.3 is 0 Å². The topological polar surface area (TPSA) is 68.1 Å². The average Bonchev–Trinajstić information content (AvgIpc) is 2.94. The number of thiazole rings is 1. The minimum absolute atomic E-state index is 0.136. The number of fused-ring (bicyclic) bond motifs is 1. The molecule has 1 unspecified atom stereocenters. The Balaban J connectivity index is 1.89. The monoisotopic (exact) mass is 299 g/mol. The van der Waals surface area contributed by atoms with Crippen LogP contribution in [0.2, 0.25) is 0 Å². The molecule has 0 fully saturated rings. The summed E-state index contributed by atoms with van der Waals surface area (Å²) in [6.45, 7) is 1.92. The summed E-state index contributed by atoms with van der Waals surface area (Å²) in [4.78, 5) is 15.0. The van der Waals surface area contributed by atoms with Crippen molar-refractivity contribution in [1.29, 1.82) is 0 Å². The Morgan fingerprint density at radius 3 is 2.90 bits per heavy atom.